The SMILES string of the molecule is CC(C)C(NC(=O)c1ccccc1Cl)C(=O)N1CCN(C2CCCN(C)C2)CC1. The lowest BCUT2D eigenvalue weighted by molar-refractivity contribution is -0.136. The van der Waals surface area contributed by atoms with Gasteiger partial charge in [-0.15, -0.1) is 0 Å². The number of piperazine rings is 1. The van der Waals surface area contributed by atoms with E-state index in [9.17, 15) is 9.59 Å². The molecule has 1 aromatic carbocycles. The molecule has 2 saturated heterocycles. The number of nitrogens with one attached hydrogen (secondary N) is 1. The third-order valence-corrected chi connectivity index (χ3v) is 6.41. The lowest BCUT2D eigenvalue weighted by atomic mass is 10.0. The number of piperidine rings is 1. The molecule has 0 spiro atoms. The van der Waals surface area contributed by atoms with Crippen molar-refractivity contribution in [2.24, 2.45) is 5.92 Å². The van der Waals surface area contributed by atoms with Crippen LogP contribution < -0.4 is 5.32 Å². The Hall–Kier alpha value is -1.63. The van der Waals surface area contributed by atoms with E-state index < -0.39 is 6.04 Å². The average molecular weight is 421 g/mol. The van der Waals surface area contributed by atoms with Gasteiger partial charge in [-0.1, -0.05) is 37.6 Å². The van der Waals surface area contributed by atoms with Gasteiger partial charge in [0.2, 0.25) is 5.91 Å². The molecule has 0 saturated carbocycles. The smallest absolute Gasteiger partial charge is 0.253 e. The van der Waals surface area contributed by atoms with Gasteiger partial charge in [-0.3, -0.25) is 14.5 Å². The van der Waals surface area contributed by atoms with Gasteiger partial charge in [-0.05, 0) is 44.5 Å². The van der Waals surface area contributed by atoms with Gasteiger partial charge in [0.15, 0.2) is 0 Å². The van der Waals surface area contributed by atoms with Crippen LogP contribution in [0.1, 0.15) is 37.0 Å². The van der Waals surface area contributed by atoms with Crippen LogP contribution in [-0.4, -0.2) is 84.9 Å². The van der Waals surface area contributed by atoms with Crippen molar-refractivity contribution in [2.45, 2.75) is 38.8 Å². The lowest BCUT2D eigenvalue weighted by Crippen LogP contribution is -2.59. The van der Waals surface area contributed by atoms with Crippen molar-refractivity contribution in [1.29, 1.82) is 0 Å². The van der Waals surface area contributed by atoms with Crippen molar-refractivity contribution in [1.82, 2.24) is 20.0 Å². The first-order chi connectivity index (χ1) is 13.9. The molecule has 1 N–H and O–H groups in total. The second-order valence-electron chi connectivity index (χ2n) is 8.59. The van der Waals surface area contributed by atoms with Gasteiger partial charge in [0.25, 0.3) is 5.91 Å². The Balaban J connectivity index is 1.58. The van der Waals surface area contributed by atoms with Gasteiger partial charge in [0.1, 0.15) is 6.04 Å². The van der Waals surface area contributed by atoms with Crippen LogP contribution in [-0.2, 0) is 4.79 Å². The van der Waals surface area contributed by atoms with Crippen LogP contribution >= 0.6 is 11.6 Å². The molecule has 3 rings (SSSR count). The maximum Gasteiger partial charge on any atom is 0.253 e. The zero-order valence-electron chi connectivity index (χ0n) is 17.7. The first-order valence-electron chi connectivity index (χ1n) is 10.6. The molecule has 160 valence electrons. The molecule has 2 fully saturated rings. The van der Waals surface area contributed by atoms with Crippen LogP contribution in [0, 0.1) is 5.92 Å². The number of benzene rings is 1. The van der Waals surface area contributed by atoms with E-state index >= 15 is 0 Å². The van der Waals surface area contributed by atoms with Crippen molar-refractivity contribution >= 4 is 23.4 Å². The van der Waals surface area contributed by atoms with Crippen molar-refractivity contribution in [3.8, 4) is 0 Å². The summed E-state index contributed by atoms with van der Waals surface area (Å²) in [6, 6.07) is 6.96. The van der Waals surface area contributed by atoms with Crippen LogP contribution in [0.25, 0.3) is 0 Å². The quantitative estimate of drug-likeness (QED) is 0.794. The molecule has 0 bridgehead atoms. The Bertz CT molecular complexity index is 719. The maximum absolute atomic E-state index is 13.2. The maximum atomic E-state index is 13.2. The summed E-state index contributed by atoms with van der Waals surface area (Å²) in [5, 5.41) is 3.31. The second-order valence-corrected chi connectivity index (χ2v) is 9.00. The predicted molar refractivity (Wildman–Crippen MR) is 116 cm³/mol. The number of nitrogens with zero attached hydrogens (tertiary/aromatic N) is 3. The summed E-state index contributed by atoms with van der Waals surface area (Å²) in [5.41, 5.74) is 0.402. The predicted octanol–water partition coefficient (Wildman–Crippen LogP) is 2.33. The molecule has 2 aliphatic rings. The lowest BCUT2D eigenvalue weighted by Gasteiger charge is -2.43. The number of amides is 2. The van der Waals surface area contributed by atoms with E-state index in [0.29, 0.717) is 29.7 Å². The monoisotopic (exact) mass is 420 g/mol. The fraction of sp³-hybridized carbons (Fsp3) is 0.636. The number of halogens is 1. The molecule has 2 unspecified atom stereocenters. The number of likely N-dealkylation sites (N-methyl/N-ethyl adjacent to an activating group) is 1. The molecular weight excluding hydrogens is 388 g/mol. The minimum atomic E-state index is -0.550. The molecule has 0 aromatic heterocycles. The van der Waals surface area contributed by atoms with Crippen LogP contribution in [0.4, 0.5) is 0 Å². The molecule has 6 nitrogen and oxygen atoms in total. The topological polar surface area (TPSA) is 55.9 Å². The van der Waals surface area contributed by atoms with Crippen LogP contribution in [0.3, 0.4) is 0 Å². The first kappa shape index (κ1) is 22.1. The number of carbonyl (C=O) groups is 2. The fourth-order valence-electron chi connectivity index (χ4n) is 4.32. The van der Waals surface area contributed by atoms with E-state index in [1.807, 2.05) is 18.7 Å². The highest BCUT2D eigenvalue weighted by atomic mass is 35.5. The Labute approximate surface area is 179 Å². The molecule has 2 heterocycles. The summed E-state index contributed by atoms with van der Waals surface area (Å²) in [6.45, 7) is 9.43. The Morgan fingerprint density at radius 3 is 2.41 bits per heavy atom. The minimum Gasteiger partial charge on any atom is -0.340 e. The van der Waals surface area contributed by atoms with Gasteiger partial charge < -0.3 is 15.1 Å². The van der Waals surface area contributed by atoms with Crippen molar-refractivity contribution in [3.05, 3.63) is 34.9 Å². The molecule has 2 aliphatic heterocycles. The van der Waals surface area contributed by atoms with Crippen LogP contribution in [0.5, 0.6) is 0 Å². The van der Waals surface area contributed by atoms with Crippen LogP contribution in [0.2, 0.25) is 5.02 Å². The molecule has 7 heteroatoms. The zero-order chi connectivity index (χ0) is 21.0. The van der Waals surface area contributed by atoms with Gasteiger partial charge >= 0.3 is 0 Å². The summed E-state index contributed by atoms with van der Waals surface area (Å²) in [7, 11) is 2.18. The van der Waals surface area contributed by atoms with E-state index in [2.05, 4.69) is 22.2 Å². The summed E-state index contributed by atoms with van der Waals surface area (Å²) >= 11 is 6.15. The van der Waals surface area contributed by atoms with Crippen molar-refractivity contribution in [3.63, 3.8) is 0 Å². The summed E-state index contributed by atoms with van der Waals surface area (Å²) in [5.74, 6) is -0.300. The average Bonchev–Trinajstić information content (AvgIpc) is 2.71. The van der Waals surface area contributed by atoms with Crippen LogP contribution in [0.15, 0.2) is 24.3 Å². The first-order valence-corrected chi connectivity index (χ1v) is 11.0. The molecule has 0 radical (unpaired) electrons. The Morgan fingerprint density at radius 2 is 1.79 bits per heavy atom. The highest BCUT2D eigenvalue weighted by molar-refractivity contribution is 6.33. The second kappa shape index (κ2) is 9.92. The normalized spacial score (nSPS) is 22.5. The number of likely N-dealkylation sites (tertiary alicyclic amines) is 1. The molecule has 0 aliphatic carbocycles. The largest absolute Gasteiger partial charge is 0.340 e. The number of hydrogen-bond acceptors (Lipinski definition) is 4. The molecule has 29 heavy (non-hydrogen) atoms. The van der Waals surface area contributed by atoms with Gasteiger partial charge in [-0.25, -0.2) is 0 Å². The number of carbonyl (C=O) groups excluding carboxylic acids is 2. The van der Waals surface area contributed by atoms with E-state index in [1.54, 1.807) is 24.3 Å². The number of hydrogen-bond donors (Lipinski definition) is 1. The van der Waals surface area contributed by atoms with Gasteiger partial charge in [-0.2, -0.15) is 0 Å². The van der Waals surface area contributed by atoms with Gasteiger partial charge in [0, 0.05) is 38.8 Å². The summed E-state index contributed by atoms with van der Waals surface area (Å²) in [4.78, 5) is 32.7. The molecular formula is C22H33ClN4O2. The summed E-state index contributed by atoms with van der Waals surface area (Å²) < 4.78 is 0. The fourth-order valence-corrected chi connectivity index (χ4v) is 4.54. The highest BCUT2D eigenvalue weighted by Crippen LogP contribution is 2.19. The molecule has 2 amide bonds. The summed E-state index contributed by atoms with van der Waals surface area (Å²) in [6.07, 6.45) is 2.48. The van der Waals surface area contributed by atoms with Gasteiger partial charge in [0.05, 0.1) is 10.6 Å². The molecule has 2 atom stereocenters. The minimum absolute atomic E-state index is 0.000755. The Morgan fingerprint density at radius 1 is 1.10 bits per heavy atom. The Kier molecular flexibility index (Phi) is 7.55. The molecule has 1 aromatic rings. The van der Waals surface area contributed by atoms with E-state index in [0.717, 1.165) is 19.6 Å². The third-order valence-electron chi connectivity index (χ3n) is 6.08. The van der Waals surface area contributed by atoms with Crippen molar-refractivity contribution in [2.75, 3.05) is 46.3 Å². The van der Waals surface area contributed by atoms with E-state index in [4.69, 9.17) is 11.6 Å². The zero-order valence-corrected chi connectivity index (χ0v) is 18.5. The number of rotatable bonds is 5. The van der Waals surface area contributed by atoms with E-state index in [1.165, 1.54) is 19.4 Å². The standard InChI is InChI=1S/C22H33ClN4O2/c1-16(2)20(24-21(28)18-8-4-5-9-19(18)23)22(29)27-13-11-26(12-14-27)17-7-6-10-25(3)15-17/h4-5,8-9,16-17,20H,6-7,10-15H2,1-3H3,(H,24,28). The third kappa shape index (κ3) is 5.50. The van der Waals surface area contributed by atoms with Crippen molar-refractivity contribution < 1.29 is 9.59 Å². The highest BCUT2D eigenvalue weighted by Gasteiger charge is 2.33. The van der Waals surface area contributed by atoms with E-state index in [-0.39, 0.29) is 17.7 Å².